The number of ether oxygens (including phenoxy) is 1. The zero-order chi connectivity index (χ0) is 9.11. The van der Waals surface area contributed by atoms with E-state index in [-0.39, 0.29) is 0 Å². The van der Waals surface area contributed by atoms with Crippen molar-refractivity contribution in [1.82, 2.24) is 0 Å². The van der Waals surface area contributed by atoms with Crippen LogP contribution in [0.2, 0.25) is 0 Å². The van der Waals surface area contributed by atoms with Gasteiger partial charge in [-0.05, 0) is 13.0 Å². The van der Waals surface area contributed by atoms with Crippen LogP contribution in [0.5, 0.6) is 0 Å². The van der Waals surface area contributed by atoms with E-state index in [2.05, 4.69) is 19.6 Å². The third-order valence-corrected chi connectivity index (χ3v) is 0.862. The molecule has 0 bridgehead atoms. The Hall–Kier alpha value is -0.720. The maximum absolute atomic E-state index is 4.88. The first-order valence-corrected chi connectivity index (χ1v) is 4.16. The lowest BCUT2D eigenvalue weighted by Gasteiger charge is -1.90. The molecule has 1 heterocycles. The van der Waals surface area contributed by atoms with Crippen LogP contribution in [0.25, 0.3) is 0 Å². The van der Waals surface area contributed by atoms with Crippen LogP contribution in [0.4, 0.5) is 0 Å². The number of allylic oxidation sites excluding steroid dienone is 1. The maximum atomic E-state index is 4.88. The summed E-state index contributed by atoms with van der Waals surface area (Å²) in [5.74, 6) is 0.644. The average Bonchev–Trinajstić information content (AvgIpc) is 2.46. The number of hydrogen-bond donors (Lipinski definition) is 0. The average molecular weight is 156 g/mol. The van der Waals surface area contributed by atoms with Crippen molar-refractivity contribution in [1.29, 1.82) is 0 Å². The summed E-state index contributed by atoms with van der Waals surface area (Å²) in [6, 6.07) is 0. The Morgan fingerprint density at radius 1 is 1.55 bits per heavy atom. The fourth-order valence-electron chi connectivity index (χ4n) is 0.453. The summed E-state index contributed by atoms with van der Waals surface area (Å²) < 4.78 is 4.88. The van der Waals surface area contributed by atoms with Crippen molar-refractivity contribution in [3.05, 3.63) is 25.0 Å². The Morgan fingerprint density at radius 2 is 2.00 bits per heavy atom. The van der Waals surface area contributed by atoms with Crippen molar-refractivity contribution in [3.63, 3.8) is 0 Å². The van der Waals surface area contributed by atoms with Gasteiger partial charge in [-0.2, -0.15) is 0 Å². The van der Waals surface area contributed by atoms with Gasteiger partial charge < -0.3 is 4.74 Å². The first-order chi connectivity index (χ1) is 5.31. The van der Waals surface area contributed by atoms with Gasteiger partial charge in [0.1, 0.15) is 0 Å². The van der Waals surface area contributed by atoms with Crippen LogP contribution in [-0.2, 0) is 4.74 Å². The molecule has 1 aliphatic rings. The molecule has 0 saturated carbocycles. The number of hydrogen-bond acceptors (Lipinski definition) is 1. The lowest BCUT2D eigenvalue weighted by Crippen LogP contribution is -1.88. The summed E-state index contributed by atoms with van der Waals surface area (Å²) in [6.07, 6.45) is 5.56. The molecule has 0 radical (unpaired) electrons. The Bertz CT molecular complexity index is 95.0. The summed E-state index contributed by atoms with van der Waals surface area (Å²) in [5, 5.41) is 0. The molecule has 1 aliphatic heterocycles. The predicted molar refractivity (Wildman–Crippen MR) is 51.5 cm³/mol. The van der Waals surface area contributed by atoms with E-state index >= 15 is 0 Å². The molecule has 0 spiro atoms. The normalized spacial score (nSPS) is 18.4. The molecule has 0 aromatic carbocycles. The minimum atomic E-state index is 0.644. The highest BCUT2D eigenvalue weighted by Crippen LogP contribution is 2.04. The fourth-order valence-corrected chi connectivity index (χ4v) is 0.453. The van der Waals surface area contributed by atoms with E-state index in [1.807, 2.05) is 20.8 Å². The Labute approximate surface area is 70.8 Å². The van der Waals surface area contributed by atoms with Crippen molar-refractivity contribution in [3.8, 4) is 0 Å². The lowest BCUT2D eigenvalue weighted by molar-refractivity contribution is 0.255. The van der Waals surface area contributed by atoms with E-state index in [1.165, 1.54) is 0 Å². The second kappa shape index (κ2) is 12.0. The zero-order valence-corrected chi connectivity index (χ0v) is 8.13. The van der Waals surface area contributed by atoms with Crippen molar-refractivity contribution in [2.24, 2.45) is 5.92 Å². The molecule has 0 amide bonds. The van der Waals surface area contributed by atoms with Crippen molar-refractivity contribution in [2.75, 3.05) is 6.61 Å². The Morgan fingerprint density at radius 3 is 2.09 bits per heavy atom. The molecule has 0 aromatic rings. The highest BCUT2D eigenvalue weighted by atomic mass is 16.5. The summed E-state index contributed by atoms with van der Waals surface area (Å²) >= 11 is 0. The van der Waals surface area contributed by atoms with Gasteiger partial charge in [0.25, 0.3) is 0 Å². The van der Waals surface area contributed by atoms with Gasteiger partial charge in [0.2, 0.25) is 0 Å². The smallest absolute Gasteiger partial charge is 0.0934 e. The molecule has 66 valence electrons. The third-order valence-electron chi connectivity index (χ3n) is 0.862. The topological polar surface area (TPSA) is 9.23 Å². The molecule has 0 aromatic heterocycles. The molecule has 0 fully saturated rings. The van der Waals surface area contributed by atoms with Crippen LogP contribution >= 0.6 is 0 Å². The molecule has 1 rings (SSSR count). The van der Waals surface area contributed by atoms with Gasteiger partial charge in [-0.1, -0.05) is 26.8 Å². The molecule has 11 heavy (non-hydrogen) atoms. The van der Waals surface area contributed by atoms with E-state index < -0.39 is 0 Å². The first-order valence-electron chi connectivity index (χ1n) is 4.16. The van der Waals surface area contributed by atoms with Crippen LogP contribution in [0.3, 0.4) is 0 Å². The van der Waals surface area contributed by atoms with Crippen LogP contribution in [-0.4, -0.2) is 6.61 Å². The summed E-state index contributed by atoms with van der Waals surface area (Å²) in [7, 11) is 0. The molecule has 1 atom stereocenters. The van der Waals surface area contributed by atoms with Crippen LogP contribution in [0.1, 0.15) is 27.7 Å². The van der Waals surface area contributed by atoms with E-state index in [9.17, 15) is 0 Å². The predicted octanol–water partition coefficient (Wildman–Crippen LogP) is 3.38. The van der Waals surface area contributed by atoms with E-state index in [1.54, 1.807) is 12.3 Å². The van der Waals surface area contributed by atoms with E-state index in [0.29, 0.717) is 5.92 Å². The monoisotopic (exact) mass is 156 g/mol. The second-order valence-corrected chi connectivity index (χ2v) is 2.05. The molecular weight excluding hydrogens is 136 g/mol. The molecule has 1 heteroatoms. The summed E-state index contributed by atoms with van der Waals surface area (Å²) in [5.41, 5.74) is 0. The molecule has 0 N–H and O–H groups in total. The maximum Gasteiger partial charge on any atom is 0.0934 e. The fraction of sp³-hybridized carbons (Fsp3) is 0.600. The van der Waals surface area contributed by atoms with Gasteiger partial charge in [0, 0.05) is 5.92 Å². The standard InChI is InChI=1S/C5H8O.C3H6.C2H6/c1-5-2-3-6-4-5;1-3-2;1-2/h2-3,5H,4H2,1H3;3H,1H2,2H3;1-2H3. The second-order valence-electron chi connectivity index (χ2n) is 2.05. The van der Waals surface area contributed by atoms with Gasteiger partial charge in [-0.25, -0.2) is 0 Å². The number of rotatable bonds is 0. The third kappa shape index (κ3) is 12.5. The van der Waals surface area contributed by atoms with Crippen molar-refractivity contribution >= 4 is 0 Å². The molecule has 1 unspecified atom stereocenters. The van der Waals surface area contributed by atoms with Gasteiger partial charge in [0.05, 0.1) is 12.9 Å². The summed E-state index contributed by atoms with van der Waals surface area (Å²) in [4.78, 5) is 0. The molecule has 0 aliphatic carbocycles. The Kier molecular flexibility index (Phi) is 14.1. The van der Waals surface area contributed by atoms with Crippen LogP contribution < -0.4 is 0 Å². The minimum Gasteiger partial charge on any atom is -0.501 e. The molecule has 1 nitrogen and oxygen atoms in total. The lowest BCUT2D eigenvalue weighted by atomic mass is 10.2. The van der Waals surface area contributed by atoms with Gasteiger partial charge >= 0.3 is 0 Å². The van der Waals surface area contributed by atoms with Gasteiger partial charge in [0.15, 0.2) is 0 Å². The molecule has 0 saturated heterocycles. The minimum absolute atomic E-state index is 0.644. The van der Waals surface area contributed by atoms with Crippen molar-refractivity contribution in [2.45, 2.75) is 27.7 Å². The van der Waals surface area contributed by atoms with Gasteiger partial charge in [-0.3, -0.25) is 0 Å². The van der Waals surface area contributed by atoms with Crippen LogP contribution in [0, 0.1) is 5.92 Å². The Balaban J connectivity index is 0. The zero-order valence-electron chi connectivity index (χ0n) is 8.13. The highest BCUT2D eigenvalue weighted by molar-refractivity contribution is 4.85. The largest absolute Gasteiger partial charge is 0.501 e. The van der Waals surface area contributed by atoms with Crippen molar-refractivity contribution < 1.29 is 4.74 Å². The quantitative estimate of drug-likeness (QED) is 0.488. The van der Waals surface area contributed by atoms with E-state index in [4.69, 9.17) is 4.74 Å². The van der Waals surface area contributed by atoms with E-state index in [0.717, 1.165) is 6.61 Å². The molecular formula is C10H20O. The van der Waals surface area contributed by atoms with Crippen LogP contribution in [0.15, 0.2) is 25.0 Å². The highest BCUT2D eigenvalue weighted by Gasteiger charge is 1.99. The first kappa shape index (κ1) is 12.9. The SMILES string of the molecule is C=CC.CC.CC1C=COC1. The van der Waals surface area contributed by atoms with Gasteiger partial charge in [-0.15, -0.1) is 6.58 Å². The summed E-state index contributed by atoms with van der Waals surface area (Å²) in [6.45, 7) is 12.3.